The van der Waals surface area contributed by atoms with Crippen LogP contribution in [0.5, 0.6) is 0 Å². The molecule has 2 N–H and O–H groups in total. The Morgan fingerprint density at radius 3 is 2.71 bits per heavy atom. The molecule has 0 aliphatic rings. The first kappa shape index (κ1) is 16.0. The Morgan fingerprint density at radius 1 is 1.29 bits per heavy atom. The van der Waals surface area contributed by atoms with E-state index in [-0.39, 0.29) is 6.04 Å². The van der Waals surface area contributed by atoms with E-state index in [2.05, 4.69) is 22.5 Å². The second-order valence-corrected chi connectivity index (χ2v) is 5.72. The molecule has 0 aliphatic carbocycles. The number of nitrogens with one attached hydrogen (secondary N) is 2. The van der Waals surface area contributed by atoms with Crippen LogP contribution in [-0.2, 0) is 6.42 Å². The number of hydrogen-bond acceptors (Lipinski definition) is 4. The molecular formula is C15H19Cl2N3O. The summed E-state index contributed by atoms with van der Waals surface area (Å²) in [5.74, 6) is 2.19. The van der Waals surface area contributed by atoms with Gasteiger partial charge in [0.25, 0.3) is 0 Å². The average molecular weight is 328 g/mol. The maximum absolute atomic E-state index is 6.20. The first-order chi connectivity index (χ1) is 10.1. The SMILES string of the molecule is CCCNc1nc(NC(C)Cc2ccco2)c(Cl)cc1Cl. The fourth-order valence-corrected chi connectivity index (χ4v) is 2.43. The summed E-state index contributed by atoms with van der Waals surface area (Å²) in [7, 11) is 0. The van der Waals surface area contributed by atoms with Crippen LogP contribution in [0.4, 0.5) is 11.6 Å². The van der Waals surface area contributed by atoms with Gasteiger partial charge in [0.2, 0.25) is 0 Å². The third-order valence-electron chi connectivity index (χ3n) is 2.94. The molecule has 2 rings (SSSR count). The molecule has 0 radical (unpaired) electrons. The predicted molar refractivity (Wildman–Crippen MR) is 88.5 cm³/mol. The third kappa shape index (κ3) is 4.55. The largest absolute Gasteiger partial charge is 0.469 e. The first-order valence-corrected chi connectivity index (χ1v) is 7.74. The Balaban J connectivity index is 2.07. The van der Waals surface area contributed by atoms with Gasteiger partial charge in [0, 0.05) is 19.0 Å². The topological polar surface area (TPSA) is 50.1 Å². The summed E-state index contributed by atoms with van der Waals surface area (Å²) in [6, 6.07) is 5.67. The molecule has 0 aliphatic heterocycles. The van der Waals surface area contributed by atoms with Crippen molar-refractivity contribution in [2.24, 2.45) is 0 Å². The summed E-state index contributed by atoms with van der Waals surface area (Å²) >= 11 is 12.3. The van der Waals surface area contributed by atoms with E-state index in [9.17, 15) is 0 Å². The van der Waals surface area contributed by atoms with E-state index in [0.29, 0.717) is 21.7 Å². The number of hydrogen-bond donors (Lipinski definition) is 2. The number of nitrogens with zero attached hydrogens (tertiary/aromatic N) is 1. The normalized spacial score (nSPS) is 12.2. The van der Waals surface area contributed by atoms with Gasteiger partial charge >= 0.3 is 0 Å². The first-order valence-electron chi connectivity index (χ1n) is 6.99. The van der Waals surface area contributed by atoms with Crippen LogP contribution < -0.4 is 10.6 Å². The highest BCUT2D eigenvalue weighted by Crippen LogP contribution is 2.29. The molecule has 2 aromatic rings. The zero-order valence-corrected chi connectivity index (χ0v) is 13.6. The molecule has 1 unspecified atom stereocenters. The van der Waals surface area contributed by atoms with E-state index >= 15 is 0 Å². The van der Waals surface area contributed by atoms with E-state index in [0.717, 1.165) is 25.1 Å². The molecule has 0 saturated carbocycles. The molecular weight excluding hydrogens is 309 g/mol. The van der Waals surface area contributed by atoms with Crippen molar-refractivity contribution >= 4 is 34.8 Å². The quantitative estimate of drug-likeness (QED) is 0.763. The molecule has 1 atom stereocenters. The van der Waals surface area contributed by atoms with Crippen molar-refractivity contribution in [2.45, 2.75) is 32.7 Å². The maximum Gasteiger partial charge on any atom is 0.147 e. The van der Waals surface area contributed by atoms with E-state index in [1.54, 1.807) is 12.3 Å². The van der Waals surface area contributed by atoms with Crippen molar-refractivity contribution < 1.29 is 4.42 Å². The van der Waals surface area contributed by atoms with Gasteiger partial charge in [0.15, 0.2) is 0 Å². The third-order valence-corrected chi connectivity index (χ3v) is 3.52. The lowest BCUT2D eigenvalue weighted by Gasteiger charge is -2.16. The van der Waals surface area contributed by atoms with Gasteiger partial charge in [-0.3, -0.25) is 0 Å². The highest BCUT2D eigenvalue weighted by Gasteiger charge is 2.12. The number of anilines is 2. The summed E-state index contributed by atoms with van der Waals surface area (Å²) in [6.07, 6.45) is 3.42. The van der Waals surface area contributed by atoms with E-state index in [4.69, 9.17) is 27.6 Å². The fourth-order valence-electron chi connectivity index (χ4n) is 1.95. The molecule has 0 bridgehead atoms. The summed E-state index contributed by atoms with van der Waals surface area (Å²) in [5.41, 5.74) is 0. The van der Waals surface area contributed by atoms with Crippen LogP contribution in [0.3, 0.4) is 0 Å². The van der Waals surface area contributed by atoms with Crippen molar-refractivity contribution in [2.75, 3.05) is 17.2 Å². The molecule has 21 heavy (non-hydrogen) atoms. The van der Waals surface area contributed by atoms with Gasteiger partial charge in [-0.15, -0.1) is 0 Å². The second kappa shape index (κ2) is 7.57. The monoisotopic (exact) mass is 327 g/mol. The van der Waals surface area contributed by atoms with Crippen molar-refractivity contribution in [3.05, 3.63) is 40.3 Å². The van der Waals surface area contributed by atoms with E-state index < -0.39 is 0 Å². The van der Waals surface area contributed by atoms with E-state index in [1.807, 2.05) is 19.1 Å². The molecule has 2 heterocycles. The molecule has 114 valence electrons. The molecule has 0 fully saturated rings. The van der Waals surface area contributed by atoms with Gasteiger partial charge in [-0.2, -0.15) is 0 Å². The van der Waals surface area contributed by atoms with Crippen molar-refractivity contribution in [3.8, 4) is 0 Å². The van der Waals surface area contributed by atoms with Crippen LogP contribution >= 0.6 is 23.2 Å². The smallest absolute Gasteiger partial charge is 0.147 e. The van der Waals surface area contributed by atoms with Crippen molar-refractivity contribution in [3.63, 3.8) is 0 Å². The lowest BCUT2D eigenvalue weighted by Crippen LogP contribution is -2.19. The summed E-state index contributed by atoms with van der Waals surface area (Å²) in [4.78, 5) is 4.46. The van der Waals surface area contributed by atoms with Crippen LogP contribution in [0.1, 0.15) is 26.0 Å². The number of aromatic nitrogens is 1. The Bertz CT molecular complexity index is 573. The van der Waals surface area contributed by atoms with Crippen LogP contribution in [-0.4, -0.2) is 17.6 Å². The van der Waals surface area contributed by atoms with Gasteiger partial charge in [0.05, 0.1) is 16.3 Å². The Morgan fingerprint density at radius 2 is 2.05 bits per heavy atom. The number of halogens is 2. The molecule has 0 saturated heterocycles. The standard InChI is InChI=1S/C15H19Cl2N3O/c1-3-6-18-14-12(16)9-13(17)15(20-14)19-10(2)8-11-5-4-7-21-11/h4-5,7,9-10H,3,6,8H2,1-2H3,(H2,18,19,20). The minimum atomic E-state index is 0.140. The zero-order valence-electron chi connectivity index (χ0n) is 12.1. The molecule has 0 spiro atoms. The molecule has 2 aromatic heterocycles. The molecule has 4 nitrogen and oxygen atoms in total. The summed E-state index contributed by atoms with van der Waals surface area (Å²) in [6.45, 7) is 4.95. The fraction of sp³-hybridized carbons (Fsp3) is 0.400. The van der Waals surface area contributed by atoms with Gasteiger partial charge < -0.3 is 15.1 Å². The van der Waals surface area contributed by atoms with Crippen LogP contribution in [0, 0.1) is 0 Å². The number of pyridine rings is 1. The minimum absolute atomic E-state index is 0.140. The average Bonchev–Trinajstić information content (AvgIpc) is 2.93. The number of rotatable bonds is 7. The predicted octanol–water partition coefficient (Wildman–Crippen LogP) is 4.85. The highest BCUT2D eigenvalue weighted by molar-refractivity contribution is 6.37. The van der Waals surface area contributed by atoms with Crippen LogP contribution in [0.15, 0.2) is 28.9 Å². The maximum atomic E-state index is 6.20. The lowest BCUT2D eigenvalue weighted by atomic mass is 10.2. The Labute approximate surface area is 134 Å². The van der Waals surface area contributed by atoms with Gasteiger partial charge in [-0.1, -0.05) is 30.1 Å². The Kier molecular flexibility index (Phi) is 5.76. The summed E-state index contributed by atoms with van der Waals surface area (Å²) < 4.78 is 5.34. The lowest BCUT2D eigenvalue weighted by molar-refractivity contribution is 0.497. The Hall–Kier alpha value is -1.39. The van der Waals surface area contributed by atoms with Crippen molar-refractivity contribution in [1.82, 2.24) is 4.98 Å². The highest BCUT2D eigenvalue weighted by atomic mass is 35.5. The van der Waals surface area contributed by atoms with E-state index in [1.165, 1.54) is 0 Å². The molecule has 0 amide bonds. The minimum Gasteiger partial charge on any atom is -0.469 e. The second-order valence-electron chi connectivity index (χ2n) is 4.90. The van der Waals surface area contributed by atoms with Gasteiger partial charge in [-0.05, 0) is 31.5 Å². The van der Waals surface area contributed by atoms with Crippen molar-refractivity contribution in [1.29, 1.82) is 0 Å². The van der Waals surface area contributed by atoms with Crippen LogP contribution in [0.2, 0.25) is 10.0 Å². The zero-order chi connectivity index (χ0) is 15.2. The molecule has 0 aromatic carbocycles. The number of furan rings is 1. The summed E-state index contributed by atoms with van der Waals surface area (Å²) in [5, 5.41) is 7.51. The van der Waals surface area contributed by atoms with Crippen LogP contribution in [0.25, 0.3) is 0 Å². The molecule has 6 heteroatoms. The van der Waals surface area contributed by atoms with Gasteiger partial charge in [-0.25, -0.2) is 4.98 Å². The van der Waals surface area contributed by atoms with Gasteiger partial charge in [0.1, 0.15) is 17.4 Å².